The third kappa shape index (κ3) is 5.09. The summed E-state index contributed by atoms with van der Waals surface area (Å²) in [6, 6.07) is 3.89. The number of hydrogen-bond donors (Lipinski definition) is 2. The maximum atomic E-state index is 8.61. The van der Waals surface area contributed by atoms with Crippen molar-refractivity contribution >= 4 is 0 Å². The van der Waals surface area contributed by atoms with Gasteiger partial charge in [-0.3, -0.25) is 4.98 Å². The average Bonchev–Trinajstić information content (AvgIpc) is 2.31. The van der Waals surface area contributed by atoms with Crippen LogP contribution in [0.25, 0.3) is 0 Å². The maximum Gasteiger partial charge on any atom is 0.137 e. The summed E-state index contributed by atoms with van der Waals surface area (Å²) < 4.78 is 5.52. The molecule has 0 aromatic carbocycles. The third-order valence-electron chi connectivity index (χ3n) is 2.23. The van der Waals surface area contributed by atoms with E-state index < -0.39 is 0 Å². The number of ether oxygens (including phenoxy) is 1. The predicted molar refractivity (Wildman–Crippen MR) is 63.4 cm³/mol. The van der Waals surface area contributed by atoms with Crippen LogP contribution in [0.1, 0.15) is 25.0 Å². The van der Waals surface area contributed by atoms with Gasteiger partial charge in [-0.2, -0.15) is 0 Å². The molecule has 0 saturated carbocycles. The van der Waals surface area contributed by atoms with Crippen LogP contribution >= 0.6 is 0 Å². The molecular weight excluding hydrogens is 204 g/mol. The number of aromatic nitrogens is 1. The van der Waals surface area contributed by atoms with Gasteiger partial charge in [0.05, 0.1) is 18.5 Å². The molecule has 0 bridgehead atoms. The number of unbranched alkanes of at least 4 members (excludes halogenated alkanes) is 2. The lowest BCUT2D eigenvalue weighted by molar-refractivity contribution is 0.265. The first-order valence-electron chi connectivity index (χ1n) is 5.70. The minimum Gasteiger partial charge on any atom is -0.492 e. The van der Waals surface area contributed by atoms with Gasteiger partial charge in [-0.15, -0.1) is 0 Å². The summed E-state index contributed by atoms with van der Waals surface area (Å²) in [5, 5.41) is 11.6. The molecule has 2 N–H and O–H groups in total. The highest BCUT2D eigenvalue weighted by molar-refractivity contribution is 5.19. The highest BCUT2D eigenvalue weighted by atomic mass is 16.5. The number of nitrogens with one attached hydrogen (secondary N) is 1. The summed E-state index contributed by atoms with van der Waals surface area (Å²) >= 11 is 0. The summed E-state index contributed by atoms with van der Waals surface area (Å²) in [6.45, 7) is 1.73. The molecule has 0 fully saturated rings. The molecule has 4 nitrogen and oxygen atoms in total. The topological polar surface area (TPSA) is 54.4 Å². The monoisotopic (exact) mass is 224 g/mol. The molecule has 0 aliphatic heterocycles. The highest BCUT2D eigenvalue weighted by Gasteiger charge is 1.96. The first-order valence-corrected chi connectivity index (χ1v) is 5.70. The number of hydrogen-bond acceptors (Lipinski definition) is 4. The van der Waals surface area contributed by atoms with E-state index in [4.69, 9.17) is 9.84 Å². The van der Waals surface area contributed by atoms with Crippen molar-refractivity contribution in [1.29, 1.82) is 0 Å². The van der Waals surface area contributed by atoms with Gasteiger partial charge >= 0.3 is 0 Å². The molecule has 0 spiro atoms. The number of aliphatic hydroxyl groups is 1. The quantitative estimate of drug-likeness (QED) is 0.654. The number of nitrogens with zero attached hydrogens (tertiary/aromatic N) is 1. The van der Waals surface area contributed by atoms with Gasteiger partial charge in [0.25, 0.3) is 0 Å². The Labute approximate surface area is 96.7 Å². The second-order valence-corrected chi connectivity index (χ2v) is 3.65. The molecule has 1 heterocycles. The van der Waals surface area contributed by atoms with E-state index in [0.29, 0.717) is 6.61 Å². The molecule has 0 saturated heterocycles. The van der Waals surface area contributed by atoms with Gasteiger partial charge in [0.15, 0.2) is 0 Å². The molecule has 0 radical (unpaired) electrons. The van der Waals surface area contributed by atoms with Crippen molar-refractivity contribution in [2.45, 2.75) is 25.8 Å². The van der Waals surface area contributed by atoms with Crippen LogP contribution < -0.4 is 10.1 Å². The Kier molecular flexibility index (Phi) is 6.53. The largest absolute Gasteiger partial charge is 0.492 e. The maximum absolute atomic E-state index is 8.61. The summed E-state index contributed by atoms with van der Waals surface area (Å²) in [5.41, 5.74) is 1.01. The molecular formula is C12H20N2O2. The molecule has 0 amide bonds. The summed E-state index contributed by atoms with van der Waals surface area (Å²) in [5.74, 6) is 0.809. The molecule has 90 valence electrons. The zero-order chi connectivity index (χ0) is 11.6. The SMILES string of the molecule is CNCc1ccc(OCCCCCO)cn1. The van der Waals surface area contributed by atoms with E-state index in [1.807, 2.05) is 19.2 Å². The van der Waals surface area contributed by atoms with E-state index in [-0.39, 0.29) is 6.61 Å². The van der Waals surface area contributed by atoms with Gasteiger partial charge in [0.1, 0.15) is 5.75 Å². The Morgan fingerprint density at radius 1 is 1.31 bits per heavy atom. The van der Waals surface area contributed by atoms with E-state index in [2.05, 4.69) is 10.3 Å². The summed E-state index contributed by atoms with van der Waals surface area (Å²) in [7, 11) is 1.90. The lowest BCUT2D eigenvalue weighted by Crippen LogP contribution is -2.06. The van der Waals surface area contributed by atoms with Crippen molar-refractivity contribution in [3.8, 4) is 5.75 Å². The number of pyridine rings is 1. The number of rotatable bonds is 8. The molecule has 16 heavy (non-hydrogen) atoms. The summed E-state index contributed by atoms with van der Waals surface area (Å²) in [6.07, 6.45) is 4.57. The van der Waals surface area contributed by atoms with Gasteiger partial charge in [-0.1, -0.05) is 0 Å². The van der Waals surface area contributed by atoms with Crippen molar-refractivity contribution in [3.63, 3.8) is 0 Å². The fourth-order valence-electron chi connectivity index (χ4n) is 1.36. The van der Waals surface area contributed by atoms with Crippen molar-refractivity contribution < 1.29 is 9.84 Å². The summed E-state index contributed by atoms with van der Waals surface area (Å²) in [4.78, 5) is 4.26. The highest BCUT2D eigenvalue weighted by Crippen LogP contribution is 2.09. The average molecular weight is 224 g/mol. The van der Waals surface area contributed by atoms with Gasteiger partial charge in [0, 0.05) is 13.2 Å². The van der Waals surface area contributed by atoms with Crippen LogP contribution in [0.4, 0.5) is 0 Å². The number of aliphatic hydroxyl groups excluding tert-OH is 1. The minimum atomic E-state index is 0.264. The molecule has 0 unspecified atom stereocenters. The Bertz CT molecular complexity index is 275. The predicted octanol–water partition coefficient (Wildman–Crippen LogP) is 1.34. The van der Waals surface area contributed by atoms with Crippen LogP contribution in [0.5, 0.6) is 5.75 Å². The van der Waals surface area contributed by atoms with Gasteiger partial charge < -0.3 is 15.2 Å². The molecule has 4 heteroatoms. The smallest absolute Gasteiger partial charge is 0.137 e. The van der Waals surface area contributed by atoms with Crippen molar-refractivity contribution in [3.05, 3.63) is 24.0 Å². The van der Waals surface area contributed by atoms with E-state index >= 15 is 0 Å². The van der Waals surface area contributed by atoms with E-state index in [0.717, 1.165) is 37.3 Å². The van der Waals surface area contributed by atoms with E-state index in [9.17, 15) is 0 Å². The van der Waals surface area contributed by atoms with Gasteiger partial charge in [0.2, 0.25) is 0 Å². The Morgan fingerprint density at radius 3 is 2.81 bits per heavy atom. The molecule has 1 aromatic rings. The van der Waals surface area contributed by atoms with Gasteiger partial charge in [-0.05, 0) is 38.4 Å². The van der Waals surface area contributed by atoms with Crippen LogP contribution in [-0.4, -0.2) is 30.4 Å². The third-order valence-corrected chi connectivity index (χ3v) is 2.23. The lowest BCUT2D eigenvalue weighted by Gasteiger charge is -2.06. The second kappa shape index (κ2) is 8.07. The molecule has 0 aliphatic carbocycles. The molecule has 0 aliphatic rings. The van der Waals surface area contributed by atoms with Gasteiger partial charge in [-0.25, -0.2) is 0 Å². The normalized spacial score (nSPS) is 10.4. The van der Waals surface area contributed by atoms with Crippen LogP contribution in [0.2, 0.25) is 0 Å². The van der Waals surface area contributed by atoms with Crippen LogP contribution in [0.3, 0.4) is 0 Å². The molecule has 1 aromatic heterocycles. The second-order valence-electron chi connectivity index (χ2n) is 3.65. The fourth-order valence-corrected chi connectivity index (χ4v) is 1.36. The van der Waals surface area contributed by atoms with Crippen LogP contribution in [0.15, 0.2) is 18.3 Å². The lowest BCUT2D eigenvalue weighted by atomic mass is 10.2. The zero-order valence-electron chi connectivity index (χ0n) is 9.78. The fraction of sp³-hybridized carbons (Fsp3) is 0.583. The molecule has 1 rings (SSSR count). The van der Waals surface area contributed by atoms with Crippen LogP contribution in [0, 0.1) is 0 Å². The van der Waals surface area contributed by atoms with Crippen LogP contribution in [-0.2, 0) is 6.54 Å². The van der Waals surface area contributed by atoms with Crippen molar-refractivity contribution in [2.75, 3.05) is 20.3 Å². The van der Waals surface area contributed by atoms with Crippen molar-refractivity contribution in [2.24, 2.45) is 0 Å². The first kappa shape index (κ1) is 12.9. The van der Waals surface area contributed by atoms with E-state index in [1.54, 1.807) is 6.20 Å². The minimum absolute atomic E-state index is 0.264. The zero-order valence-corrected chi connectivity index (χ0v) is 9.78. The Hall–Kier alpha value is -1.13. The van der Waals surface area contributed by atoms with E-state index in [1.165, 1.54) is 0 Å². The van der Waals surface area contributed by atoms with Crippen molar-refractivity contribution in [1.82, 2.24) is 10.3 Å². The first-order chi connectivity index (χ1) is 7.86. The molecule has 0 atom stereocenters. The Morgan fingerprint density at radius 2 is 2.19 bits per heavy atom. The Balaban J connectivity index is 2.21. The standard InChI is InChI=1S/C12H20N2O2/c1-13-9-11-5-6-12(10-14-11)16-8-4-2-3-7-15/h5-6,10,13,15H,2-4,7-9H2,1H3.